The normalized spacial score (nSPS) is 18.6. The summed E-state index contributed by atoms with van der Waals surface area (Å²) in [5.74, 6) is 1.74. The van der Waals surface area contributed by atoms with Gasteiger partial charge < -0.3 is 14.5 Å². The number of carbonyl (C=O) groups excluding carboxylic acids is 1. The van der Waals surface area contributed by atoms with E-state index in [-0.39, 0.29) is 5.91 Å². The summed E-state index contributed by atoms with van der Waals surface area (Å²) < 4.78 is 2.10. The summed E-state index contributed by atoms with van der Waals surface area (Å²) in [4.78, 5) is 27.2. The summed E-state index contributed by atoms with van der Waals surface area (Å²) in [7, 11) is 5.74. The van der Waals surface area contributed by atoms with E-state index in [9.17, 15) is 4.79 Å². The van der Waals surface area contributed by atoms with Crippen LogP contribution in [0.4, 0.5) is 0 Å². The van der Waals surface area contributed by atoms with Crippen LogP contribution in [0.15, 0.2) is 36.7 Å². The fourth-order valence-corrected chi connectivity index (χ4v) is 5.81. The van der Waals surface area contributed by atoms with Crippen molar-refractivity contribution in [2.75, 3.05) is 14.1 Å². The summed E-state index contributed by atoms with van der Waals surface area (Å²) in [6.45, 7) is 4.51. The Kier molecular flexibility index (Phi) is 6.39. The van der Waals surface area contributed by atoms with Crippen molar-refractivity contribution in [1.29, 1.82) is 0 Å². The Morgan fingerprint density at radius 3 is 2.66 bits per heavy atom. The van der Waals surface area contributed by atoms with Gasteiger partial charge in [-0.2, -0.15) is 0 Å². The molecule has 0 aromatic carbocycles. The van der Waals surface area contributed by atoms with Gasteiger partial charge in [-0.25, -0.2) is 4.98 Å². The van der Waals surface area contributed by atoms with Crippen LogP contribution in [0.25, 0.3) is 33.3 Å². The van der Waals surface area contributed by atoms with E-state index in [1.807, 2.05) is 26.4 Å². The lowest BCUT2D eigenvalue weighted by molar-refractivity contribution is -0.129. The summed E-state index contributed by atoms with van der Waals surface area (Å²) in [6.07, 6.45) is 10.4. The minimum atomic E-state index is 0.241. The Hall–Kier alpha value is -3.15. The molecule has 6 nitrogen and oxygen atoms in total. The van der Waals surface area contributed by atoms with Gasteiger partial charge in [-0.05, 0) is 68.2 Å². The van der Waals surface area contributed by atoms with Gasteiger partial charge in [0.1, 0.15) is 5.65 Å². The van der Waals surface area contributed by atoms with Crippen LogP contribution in [0.1, 0.15) is 75.5 Å². The number of aromatic nitrogens is 4. The lowest BCUT2D eigenvalue weighted by Crippen LogP contribution is -2.23. The zero-order valence-corrected chi connectivity index (χ0v) is 21.6. The SMILES string of the molecule is CC(C)c1c(-c2cn(C)c3ncccc23)[nH]c2ccc(C3CCC(CCC(=O)N(C)C)CC3)nc12. The Morgan fingerprint density at radius 2 is 1.94 bits per heavy atom. The van der Waals surface area contributed by atoms with Gasteiger partial charge in [-0.3, -0.25) is 9.78 Å². The topological polar surface area (TPSA) is 66.8 Å². The van der Waals surface area contributed by atoms with E-state index in [1.54, 1.807) is 4.90 Å². The molecule has 4 aromatic rings. The van der Waals surface area contributed by atoms with Crippen molar-refractivity contribution in [3.8, 4) is 11.3 Å². The van der Waals surface area contributed by atoms with E-state index in [0.717, 1.165) is 47.0 Å². The first-order valence-electron chi connectivity index (χ1n) is 13.0. The molecule has 1 amide bonds. The van der Waals surface area contributed by atoms with E-state index in [0.29, 0.717) is 24.2 Å². The monoisotopic (exact) mass is 471 g/mol. The van der Waals surface area contributed by atoms with Gasteiger partial charge in [-0.1, -0.05) is 13.8 Å². The summed E-state index contributed by atoms with van der Waals surface area (Å²) in [6, 6.07) is 8.60. The summed E-state index contributed by atoms with van der Waals surface area (Å²) in [5, 5.41) is 1.16. The van der Waals surface area contributed by atoms with Crippen LogP contribution in [-0.2, 0) is 11.8 Å². The third-order valence-electron chi connectivity index (χ3n) is 7.81. The predicted molar refractivity (Wildman–Crippen MR) is 143 cm³/mol. The maximum absolute atomic E-state index is 12.0. The molecule has 0 unspecified atom stereocenters. The average molecular weight is 472 g/mol. The standard InChI is InChI=1S/C29H37N5O/c1-18(2)26-27(22-17-34(5)29-21(22)7-6-16-30-29)32-24-14-13-23(31-28(24)26)20-11-8-19(9-12-20)10-15-25(35)33(3)4/h6-7,13-14,16-20,32H,8-12,15H2,1-5H3. The van der Waals surface area contributed by atoms with E-state index in [4.69, 9.17) is 4.98 Å². The molecule has 1 aliphatic rings. The molecule has 0 aliphatic heterocycles. The first-order valence-corrected chi connectivity index (χ1v) is 13.0. The molecule has 0 saturated heterocycles. The molecule has 1 aliphatic carbocycles. The van der Waals surface area contributed by atoms with Crippen molar-refractivity contribution in [2.45, 2.75) is 64.2 Å². The maximum Gasteiger partial charge on any atom is 0.222 e. The molecule has 0 radical (unpaired) electrons. The van der Waals surface area contributed by atoms with Gasteiger partial charge >= 0.3 is 0 Å². The molecule has 1 fully saturated rings. The van der Waals surface area contributed by atoms with E-state index >= 15 is 0 Å². The lowest BCUT2D eigenvalue weighted by atomic mass is 9.78. The van der Waals surface area contributed by atoms with Crippen molar-refractivity contribution in [3.63, 3.8) is 0 Å². The van der Waals surface area contributed by atoms with Crippen molar-refractivity contribution >= 4 is 28.0 Å². The van der Waals surface area contributed by atoms with Gasteiger partial charge in [0.25, 0.3) is 0 Å². The zero-order chi connectivity index (χ0) is 24.7. The van der Waals surface area contributed by atoms with Gasteiger partial charge in [0.2, 0.25) is 5.91 Å². The Labute approximate surface area is 207 Å². The number of aromatic amines is 1. The van der Waals surface area contributed by atoms with Crippen LogP contribution >= 0.6 is 0 Å². The number of rotatable bonds is 6. The highest BCUT2D eigenvalue weighted by atomic mass is 16.2. The molecular formula is C29H37N5O. The smallest absolute Gasteiger partial charge is 0.222 e. The quantitative estimate of drug-likeness (QED) is 0.355. The number of nitrogens with zero attached hydrogens (tertiary/aromatic N) is 4. The highest BCUT2D eigenvalue weighted by Gasteiger charge is 2.26. The highest BCUT2D eigenvalue weighted by Crippen LogP contribution is 2.41. The van der Waals surface area contributed by atoms with Gasteiger partial charge in [0.15, 0.2) is 0 Å². The third kappa shape index (κ3) is 4.46. The number of hydrogen-bond donors (Lipinski definition) is 1. The Morgan fingerprint density at radius 1 is 1.17 bits per heavy atom. The van der Waals surface area contributed by atoms with Crippen LogP contribution < -0.4 is 0 Å². The molecule has 4 aromatic heterocycles. The molecular weight excluding hydrogens is 434 g/mol. The van der Waals surface area contributed by atoms with Crippen molar-refractivity contribution in [3.05, 3.63) is 47.9 Å². The summed E-state index contributed by atoms with van der Waals surface area (Å²) >= 11 is 0. The number of fused-ring (bicyclic) bond motifs is 2. The fourth-order valence-electron chi connectivity index (χ4n) is 5.81. The predicted octanol–water partition coefficient (Wildman–Crippen LogP) is 6.38. The molecule has 4 heterocycles. The number of H-pyrrole nitrogens is 1. The summed E-state index contributed by atoms with van der Waals surface area (Å²) in [5.41, 5.74) is 8.05. The minimum absolute atomic E-state index is 0.241. The first kappa shape index (κ1) is 23.6. The molecule has 6 heteroatoms. The van der Waals surface area contributed by atoms with Gasteiger partial charge in [-0.15, -0.1) is 0 Å². The molecule has 0 atom stereocenters. The van der Waals surface area contributed by atoms with Gasteiger partial charge in [0.05, 0.1) is 16.7 Å². The van der Waals surface area contributed by atoms with E-state index in [1.165, 1.54) is 29.7 Å². The molecule has 5 rings (SSSR count). The number of pyridine rings is 2. The number of hydrogen-bond acceptors (Lipinski definition) is 3. The third-order valence-corrected chi connectivity index (χ3v) is 7.81. The molecule has 35 heavy (non-hydrogen) atoms. The number of aryl methyl sites for hydroxylation is 1. The molecule has 0 spiro atoms. The molecule has 0 bridgehead atoms. The minimum Gasteiger partial charge on any atom is -0.353 e. The van der Waals surface area contributed by atoms with Crippen LogP contribution in [0.3, 0.4) is 0 Å². The highest BCUT2D eigenvalue weighted by molar-refractivity contribution is 5.98. The number of amides is 1. The van der Waals surface area contributed by atoms with Crippen LogP contribution in [-0.4, -0.2) is 44.4 Å². The van der Waals surface area contributed by atoms with Crippen molar-refractivity contribution in [2.24, 2.45) is 13.0 Å². The van der Waals surface area contributed by atoms with Crippen molar-refractivity contribution < 1.29 is 4.79 Å². The molecule has 184 valence electrons. The van der Waals surface area contributed by atoms with Gasteiger partial charge in [0, 0.05) is 68.1 Å². The zero-order valence-electron chi connectivity index (χ0n) is 21.6. The second kappa shape index (κ2) is 9.48. The van der Waals surface area contributed by atoms with E-state index < -0.39 is 0 Å². The maximum atomic E-state index is 12.0. The lowest BCUT2D eigenvalue weighted by Gasteiger charge is -2.28. The number of nitrogens with one attached hydrogen (secondary N) is 1. The first-order chi connectivity index (χ1) is 16.8. The van der Waals surface area contributed by atoms with Crippen LogP contribution in [0.5, 0.6) is 0 Å². The average Bonchev–Trinajstić information content (AvgIpc) is 3.40. The largest absolute Gasteiger partial charge is 0.353 e. The van der Waals surface area contributed by atoms with Crippen LogP contribution in [0, 0.1) is 5.92 Å². The van der Waals surface area contributed by atoms with E-state index in [2.05, 4.69) is 59.8 Å². The van der Waals surface area contributed by atoms with Crippen LogP contribution in [0.2, 0.25) is 0 Å². The Balaban J connectivity index is 1.42. The molecule has 1 saturated carbocycles. The Bertz CT molecular complexity index is 1350. The second-order valence-corrected chi connectivity index (χ2v) is 10.8. The second-order valence-electron chi connectivity index (χ2n) is 10.8. The number of carbonyl (C=O) groups is 1. The molecule has 1 N–H and O–H groups in total. The van der Waals surface area contributed by atoms with Crippen molar-refractivity contribution in [1.82, 2.24) is 24.4 Å². The fraction of sp³-hybridized carbons (Fsp3) is 0.483.